The minimum Gasteiger partial charge on any atom is -0.593 e. The first-order valence-corrected chi connectivity index (χ1v) is 13.1. The second kappa shape index (κ2) is 7.59. The van der Waals surface area contributed by atoms with Crippen molar-refractivity contribution >= 4 is 16.3 Å². The van der Waals surface area contributed by atoms with E-state index in [1.54, 1.807) is 18.5 Å². The molecule has 1 saturated carbocycles. The largest absolute Gasteiger partial charge is 0.593 e. The van der Waals surface area contributed by atoms with Gasteiger partial charge in [0.2, 0.25) is 4.90 Å². The second-order valence-electron chi connectivity index (χ2n) is 9.55. The fourth-order valence-corrected chi connectivity index (χ4v) is 7.42. The first kappa shape index (κ1) is 21.7. The lowest BCUT2D eigenvalue weighted by Gasteiger charge is -2.32. The monoisotopic (exact) mass is 481 g/mol. The van der Waals surface area contributed by atoms with Crippen LogP contribution in [0.1, 0.15) is 58.5 Å². The molecule has 0 bridgehead atoms. The minimum atomic E-state index is -3.75. The molecule has 2 aromatic heterocycles. The van der Waals surface area contributed by atoms with E-state index in [9.17, 15) is 13.6 Å². The van der Waals surface area contributed by atoms with Crippen molar-refractivity contribution in [2.24, 2.45) is 5.92 Å². The third-order valence-electron chi connectivity index (χ3n) is 7.29. The number of sulfonamides is 1. The predicted octanol–water partition coefficient (Wildman–Crippen LogP) is 3.37. The van der Waals surface area contributed by atoms with Gasteiger partial charge in [-0.1, -0.05) is 27.6 Å². The van der Waals surface area contributed by atoms with E-state index < -0.39 is 10.4 Å². The first-order chi connectivity index (χ1) is 16.3. The summed E-state index contributed by atoms with van der Waals surface area (Å²) >= 11 is 0. The third-order valence-corrected chi connectivity index (χ3v) is 9.40. The van der Waals surface area contributed by atoms with E-state index in [4.69, 9.17) is 9.62 Å². The minimum absolute atomic E-state index is 0.0494. The number of nitrogens with zero attached hydrogens (tertiary/aromatic N) is 5. The Bertz CT molecular complexity index is 1310. The molecule has 34 heavy (non-hydrogen) atoms. The van der Waals surface area contributed by atoms with Gasteiger partial charge >= 0.3 is 0 Å². The number of para-hydroxylation sites is 1. The molecule has 3 atom stereocenters. The number of fused-ring (bicyclic) bond motifs is 1. The van der Waals surface area contributed by atoms with Crippen molar-refractivity contribution in [2.75, 3.05) is 13.1 Å². The molecule has 1 amide bonds. The fraction of sp³-hybridized carbons (Fsp3) is 0.458. The predicted molar refractivity (Wildman–Crippen MR) is 123 cm³/mol. The molecule has 0 spiro atoms. The Morgan fingerprint density at radius 3 is 2.47 bits per heavy atom. The number of amides is 1. The van der Waals surface area contributed by atoms with Gasteiger partial charge in [-0.05, 0) is 51.2 Å². The second-order valence-corrected chi connectivity index (χ2v) is 11.4. The summed E-state index contributed by atoms with van der Waals surface area (Å²) < 4.78 is 35.1. The fourth-order valence-electron chi connectivity index (χ4n) is 5.64. The van der Waals surface area contributed by atoms with E-state index in [0.717, 1.165) is 29.8 Å². The number of carbonyl (C=O) groups is 1. The number of aryl methyl sites for hydroxylation is 3. The Morgan fingerprint density at radius 1 is 1.09 bits per heavy atom. The van der Waals surface area contributed by atoms with Gasteiger partial charge in [-0.3, -0.25) is 4.79 Å². The van der Waals surface area contributed by atoms with Crippen LogP contribution in [0.2, 0.25) is 0 Å². The molecule has 3 aliphatic rings. The molecular weight excluding hydrogens is 454 g/mol. The van der Waals surface area contributed by atoms with Crippen molar-refractivity contribution in [3.05, 3.63) is 58.7 Å². The van der Waals surface area contributed by atoms with Gasteiger partial charge in [0.25, 0.3) is 5.91 Å². The van der Waals surface area contributed by atoms with E-state index in [1.807, 2.05) is 42.2 Å². The van der Waals surface area contributed by atoms with Gasteiger partial charge in [0.05, 0.1) is 30.0 Å². The summed E-state index contributed by atoms with van der Waals surface area (Å²) in [6, 6.07) is 9.46. The van der Waals surface area contributed by atoms with Crippen LogP contribution in [0.4, 0.5) is 0 Å². The molecule has 0 N–H and O–H groups in total. The van der Waals surface area contributed by atoms with Crippen LogP contribution in [0.25, 0.3) is 5.69 Å². The van der Waals surface area contributed by atoms with Crippen LogP contribution in [0, 0.1) is 26.7 Å². The normalized spacial score (nSPS) is 24.6. The lowest BCUT2D eigenvalue weighted by Crippen LogP contribution is -2.43. The van der Waals surface area contributed by atoms with E-state index in [2.05, 4.69) is 5.16 Å². The summed E-state index contributed by atoms with van der Waals surface area (Å²) in [7, 11) is -3.75. The molecule has 6 rings (SSSR count). The van der Waals surface area contributed by atoms with E-state index in [0.29, 0.717) is 36.0 Å². The molecule has 9 nitrogen and oxygen atoms in total. The van der Waals surface area contributed by atoms with Crippen LogP contribution in [0.15, 0.2) is 39.8 Å². The Balaban J connectivity index is 1.35. The number of hydrogen-bond donors (Lipinski definition) is 0. The zero-order chi connectivity index (χ0) is 23.8. The smallest absolute Gasteiger partial charge is 0.273 e. The Kier molecular flexibility index (Phi) is 4.84. The van der Waals surface area contributed by atoms with Gasteiger partial charge in [0.1, 0.15) is 11.4 Å². The van der Waals surface area contributed by atoms with Crippen LogP contribution in [-0.2, 0) is 14.6 Å². The lowest BCUT2D eigenvalue weighted by atomic mass is 10.0. The van der Waals surface area contributed by atoms with Gasteiger partial charge in [-0.25, -0.2) is 4.68 Å². The Labute approximate surface area is 199 Å². The molecule has 3 aromatic rings. The molecular formula is C24H27N5O4S. The molecule has 2 aliphatic heterocycles. The van der Waals surface area contributed by atoms with Gasteiger partial charge in [-0.15, -0.1) is 4.31 Å². The van der Waals surface area contributed by atoms with Crippen LogP contribution in [0.3, 0.4) is 0 Å². The van der Waals surface area contributed by atoms with Gasteiger partial charge in [0, 0.05) is 19.0 Å². The summed E-state index contributed by atoms with van der Waals surface area (Å²) in [5, 5.41) is 8.55. The highest BCUT2D eigenvalue weighted by Gasteiger charge is 2.53. The van der Waals surface area contributed by atoms with Crippen molar-refractivity contribution in [3.8, 4) is 5.69 Å². The molecule has 178 valence electrons. The molecule has 3 unspecified atom stereocenters. The highest BCUT2D eigenvalue weighted by Crippen LogP contribution is 2.52. The van der Waals surface area contributed by atoms with Crippen molar-refractivity contribution in [1.82, 2.24) is 24.1 Å². The van der Waals surface area contributed by atoms with Gasteiger partial charge in [-0.2, -0.15) is 5.10 Å². The van der Waals surface area contributed by atoms with Crippen molar-refractivity contribution in [2.45, 2.75) is 57.0 Å². The number of rotatable bonds is 5. The maximum atomic E-state index is 13.9. The first-order valence-electron chi connectivity index (χ1n) is 11.7. The quantitative estimate of drug-likeness (QED) is 0.517. The highest BCUT2D eigenvalue weighted by atomic mass is 32.3. The number of aromatic nitrogens is 3. The van der Waals surface area contributed by atoms with Crippen LogP contribution in [-0.4, -0.2) is 53.7 Å². The van der Waals surface area contributed by atoms with Crippen LogP contribution >= 0.6 is 0 Å². The molecule has 1 aromatic carbocycles. The number of carbonyl (C=O) groups excluding carboxylic acids is 1. The highest BCUT2D eigenvalue weighted by molar-refractivity contribution is 7.95. The summed E-state index contributed by atoms with van der Waals surface area (Å²) in [6.07, 6.45) is 2.73. The zero-order valence-corrected chi connectivity index (χ0v) is 20.2. The average Bonchev–Trinajstić information content (AvgIpc) is 3.13. The molecule has 1 aliphatic carbocycles. The van der Waals surface area contributed by atoms with E-state index in [1.165, 1.54) is 4.31 Å². The Hall–Kier alpha value is -2.82. The molecule has 10 heteroatoms. The Morgan fingerprint density at radius 2 is 1.82 bits per heavy atom. The molecule has 4 heterocycles. The molecule has 0 radical (unpaired) electrons. The number of benzene rings is 1. The van der Waals surface area contributed by atoms with E-state index >= 15 is 0 Å². The summed E-state index contributed by atoms with van der Waals surface area (Å²) in [6.45, 7) is 5.84. The van der Waals surface area contributed by atoms with Gasteiger partial charge in [0.15, 0.2) is 16.2 Å². The standard InChI is InChI=1S/C24H27N5O4S/c1-14-20-21(17-9-10-17)28(24(30)22(20)29(25-14)18-7-5-4-6-8-18)19-11-12-27(13-19)34(31,32)23-15(2)26-33-16(23)3/h4-8,17,19,21H,9-13H2,1-3H3. The lowest BCUT2D eigenvalue weighted by molar-refractivity contribution is 0.0604. The van der Waals surface area contributed by atoms with Crippen molar-refractivity contribution in [3.63, 3.8) is 0 Å². The maximum Gasteiger partial charge on any atom is 0.273 e. The van der Waals surface area contributed by atoms with Crippen LogP contribution in [0.5, 0.6) is 0 Å². The SMILES string of the molecule is Cc1nn(-c2ccccc2)c2c1C(C1CC1)N(C1CCN([S+](=O)([O-])c3c(C)noc3C)C1)C2=O. The topological polar surface area (TPSA) is 108 Å². The summed E-state index contributed by atoms with van der Waals surface area (Å²) in [4.78, 5) is 16.0. The summed E-state index contributed by atoms with van der Waals surface area (Å²) in [5.41, 5.74) is 3.70. The molecule has 1 saturated heterocycles. The average molecular weight is 482 g/mol. The van der Waals surface area contributed by atoms with Crippen LogP contribution < -0.4 is 0 Å². The number of hydrogen-bond acceptors (Lipinski definition) is 6. The maximum absolute atomic E-state index is 13.9. The zero-order valence-electron chi connectivity index (χ0n) is 19.4. The third kappa shape index (κ3) is 3.12. The van der Waals surface area contributed by atoms with Gasteiger partial charge < -0.3 is 14.0 Å². The van der Waals surface area contributed by atoms with Crippen molar-refractivity contribution < 1.29 is 18.1 Å². The summed E-state index contributed by atoms with van der Waals surface area (Å²) in [5.74, 6) is 0.628. The molecule has 2 fully saturated rings. The van der Waals surface area contributed by atoms with E-state index in [-0.39, 0.29) is 29.4 Å². The van der Waals surface area contributed by atoms with Crippen molar-refractivity contribution in [1.29, 1.82) is 0 Å².